The van der Waals surface area contributed by atoms with Crippen LogP contribution in [0.4, 0.5) is 16.2 Å². The maximum Gasteiger partial charge on any atom is 0.323 e. The molecule has 48 heavy (non-hydrogen) atoms. The molecule has 0 radical (unpaired) electrons. The Morgan fingerprint density at radius 2 is 1.71 bits per heavy atom. The largest absolute Gasteiger partial charge is 0.508 e. The van der Waals surface area contributed by atoms with E-state index in [4.69, 9.17) is 4.74 Å². The van der Waals surface area contributed by atoms with E-state index in [1.54, 1.807) is 16.8 Å². The van der Waals surface area contributed by atoms with Crippen molar-refractivity contribution in [2.75, 3.05) is 36.9 Å². The summed E-state index contributed by atoms with van der Waals surface area (Å²) < 4.78 is 7.87. The van der Waals surface area contributed by atoms with Gasteiger partial charge in [-0.1, -0.05) is 65.7 Å². The molecule has 2 aromatic heterocycles. The summed E-state index contributed by atoms with van der Waals surface area (Å²) in [4.78, 5) is 35.4. The Labute approximate surface area is 284 Å². The van der Waals surface area contributed by atoms with Crippen molar-refractivity contribution in [3.63, 3.8) is 0 Å². The average Bonchev–Trinajstić information content (AvgIpc) is 3.07. The van der Waals surface area contributed by atoms with Crippen molar-refractivity contribution >= 4 is 28.4 Å². The van der Waals surface area contributed by atoms with Gasteiger partial charge in [0.1, 0.15) is 22.8 Å². The lowest BCUT2D eigenvalue weighted by Crippen LogP contribution is -2.31. The molecule has 1 saturated heterocycles. The molecule has 0 unspecified atom stereocenters. The van der Waals surface area contributed by atoms with Gasteiger partial charge in [0, 0.05) is 35.8 Å². The SMILES string of the molecule is CCCCn1c(=O)c(NC(=O)Nc2c(C(C)C)ccc(O)c2C(C)C)c(-c2cccc(OCCCN3CCCCC3)c2)c2cccnc21. The van der Waals surface area contributed by atoms with Gasteiger partial charge in [-0.05, 0) is 92.1 Å². The second-order valence-electron chi connectivity index (χ2n) is 13.4. The second-order valence-corrected chi connectivity index (χ2v) is 13.4. The van der Waals surface area contributed by atoms with Crippen LogP contribution in [0.5, 0.6) is 11.5 Å². The molecule has 1 fully saturated rings. The number of aromatic hydroxyl groups is 1. The van der Waals surface area contributed by atoms with Gasteiger partial charge in [0.05, 0.1) is 12.3 Å². The molecule has 0 aliphatic carbocycles. The molecule has 1 aliphatic rings. The number of carbonyl (C=O) groups is 1. The maximum absolute atomic E-state index is 14.3. The van der Waals surface area contributed by atoms with E-state index in [1.807, 2.05) is 70.2 Å². The number of nitrogens with one attached hydrogen (secondary N) is 2. The fraction of sp³-hybridized carbons (Fsp3) is 0.462. The topological polar surface area (TPSA) is 109 Å². The fourth-order valence-electron chi connectivity index (χ4n) is 6.71. The molecule has 0 saturated carbocycles. The highest BCUT2D eigenvalue weighted by Crippen LogP contribution is 2.39. The molecule has 9 nitrogen and oxygen atoms in total. The van der Waals surface area contributed by atoms with E-state index in [-0.39, 0.29) is 28.8 Å². The molecule has 2 amide bonds. The Kier molecular flexibility index (Phi) is 11.8. The number of nitrogens with zero attached hydrogens (tertiary/aromatic N) is 3. The van der Waals surface area contributed by atoms with E-state index in [2.05, 4.69) is 27.4 Å². The molecule has 0 spiro atoms. The number of ether oxygens (including phenoxy) is 1. The third kappa shape index (κ3) is 8.01. The monoisotopic (exact) mass is 653 g/mol. The number of pyridine rings is 2. The average molecular weight is 654 g/mol. The van der Waals surface area contributed by atoms with Gasteiger partial charge in [-0.3, -0.25) is 9.36 Å². The first-order valence-electron chi connectivity index (χ1n) is 17.6. The zero-order valence-electron chi connectivity index (χ0n) is 29.1. The van der Waals surface area contributed by atoms with Crippen LogP contribution >= 0.6 is 0 Å². The number of amides is 2. The van der Waals surface area contributed by atoms with Crippen molar-refractivity contribution in [2.24, 2.45) is 0 Å². The number of phenolic OH excluding ortho intramolecular Hbond substituents is 1. The van der Waals surface area contributed by atoms with Crippen molar-refractivity contribution in [2.45, 2.75) is 91.5 Å². The van der Waals surface area contributed by atoms with Gasteiger partial charge in [0.15, 0.2) is 0 Å². The summed E-state index contributed by atoms with van der Waals surface area (Å²) in [6, 6.07) is 14.5. The van der Waals surface area contributed by atoms with Crippen LogP contribution in [0.3, 0.4) is 0 Å². The number of fused-ring (bicyclic) bond motifs is 1. The summed E-state index contributed by atoms with van der Waals surface area (Å²) in [5.41, 5.74) is 3.88. The van der Waals surface area contributed by atoms with Crippen molar-refractivity contribution in [1.82, 2.24) is 14.5 Å². The van der Waals surface area contributed by atoms with E-state index in [1.165, 1.54) is 19.3 Å². The number of hydrogen-bond donors (Lipinski definition) is 3. The van der Waals surface area contributed by atoms with Crippen molar-refractivity contribution < 1.29 is 14.6 Å². The van der Waals surface area contributed by atoms with E-state index in [9.17, 15) is 14.7 Å². The van der Waals surface area contributed by atoms with Gasteiger partial charge in [-0.15, -0.1) is 0 Å². The van der Waals surface area contributed by atoms with Gasteiger partial charge in [-0.2, -0.15) is 0 Å². The highest BCUT2D eigenvalue weighted by atomic mass is 16.5. The zero-order chi connectivity index (χ0) is 34.2. The molecule has 4 aromatic rings. The highest BCUT2D eigenvalue weighted by molar-refractivity contribution is 6.08. The molecule has 5 rings (SSSR count). The Bertz CT molecular complexity index is 1770. The van der Waals surface area contributed by atoms with E-state index in [0.29, 0.717) is 41.4 Å². The molecule has 9 heteroatoms. The molecule has 1 aliphatic heterocycles. The van der Waals surface area contributed by atoms with Crippen molar-refractivity contribution in [3.8, 4) is 22.6 Å². The number of hydrogen-bond acceptors (Lipinski definition) is 6. The standard InChI is InChI=1S/C39H51N5O4/c1-6-7-23-44-37-31(16-12-19-40-37)34(28-14-11-15-29(25-28)48-24-13-22-43-20-9-8-10-21-43)36(38(44)46)42-39(47)41-35-30(26(2)3)17-18-32(45)33(35)27(4)5/h11-12,14-19,25-27,45H,6-10,13,20-24H2,1-5H3,(H2,41,42,47). The number of phenols is 1. The smallest absolute Gasteiger partial charge is 0.323 e. The van der Waals surface area contributed by atoms with E-state index in [0.717, 1.165) is 55.4 Å². The summed E-state index contributed by atoms with van der Waals surface area (Å²) in [6.07, 6.45) is 8.17. The summed E-state index contributed by atoms with van der Waals surface area (Å²) >= 11 is 0. The minimum absolute atomic E-state index is 0.0461. The quantitative estimate of drug-likeness (QED) is 0.125. The highest BCUT2D eigenvalue weighted by Gasteiger charge is 2.24. The van der Waals surface area contributed by atoms with Crippen LogP contribution in [0.15, 0.2) is 59.5 Å². The molecule has 3 N–H and O–H groups in total. The van der Waals surface area contributed by atoms with Gasteiger partial charge in [-0.25, -0.2) is 9.78 Å². The normalized spacial score (nSPS) is 13.7. The molecular weight excluding hydrogens is 602 g/mol. The molecule has 256 valence electrons. The van der Waals surface area contributed by atoms with E-state index < -0.39 is 6.03 Å². The van der Waals surface area contributed by atoms with Crippen LogP contribution in [0, 0.1) is 0 Å². The van der Waals surface area contributed by atoms with Gasteiger partial charge < -0.3 is 25.4 Å². The number of urea groups is 1. The number of aromatic nitrogens is 2. The predicted molar refractivity (Wildman–Crippen MR) is 196 cm³/mol. The number of unbranched alkanes of at least 4 members (excludes halogenated alkanes) is 1. The first-order chi connectivity index (χ1) is 23.2. The Hall–Kier alpha value is -4.37. The third-order valence-electron chi connectivity index (χ3n) is 9.15. The van der Waals surface area contributed by atoms with Gasteiger partial charge in [0.25, 0.3) is 5.56 Å². The van der Waals surface area contributed by atoms with Crippen molar-refractivity contribution in [1.29, 1.82) is 0 Å². The van der Waals surface area contributed by atoms with Crippen LogP contribution < -0.4 is 20.9 Å². The summed E-state index contributed by atoms with van der Waals surface area (Å²) in [5.74, 6) is 0.873. The minimum atomic E-state index is -0.557. The fourth-order valence-corrected chi connectivity index (χ4v) is 6.71. The van der Waals surface area contributed by atoms with Crippen LogP contribution in [-0.4, -0.2) is 51.8 Å². The molecule has 0 bridgehead atoms. The molecule has 0 atom stereocenters. The molecular formula is C39H51N5O4. The van der Waals surface area contributed by atoms with E-state index >= 15 is 0 Å². The van der Waals surface area contributed by atoms with Crippen molar-refractivity contribution in [3.05, 3.63) is 76.2 Å². The van der Waals surface area contributed by atoms with Crippen LogP contribution in [0.1, 0.15) is 96.1 Å². The Balaban J connectivity index is 1.53. The Morgan fingerprint density at radius 1 is 0.938 bits per heavy atom. The van der Waals surface area contributed by atoms with Crippen LogP contribution in [0.2, 0.25) is 0 Å². The third-order valence-corrected chi connectivity index (χ3v) is 9.15. The van der Waals surface area contributed by atoms with Gasteiger partial charge >= 0.3 is 6.03 Å². The number of likely N-dealkylation sites (tertiary alicyclic amines) is 1. The zero-order valence-corrected chi connectivity index (χ0v) is 29.1. The predicted octanol–water partition coefficient (Wildman–Crippen LogP) is 8.71. The number of aryl methyl sites for hydroxylation is 1. The maximum atomic E-state index is 14.3. The van der Waals surface area contributed by atoms with Crippen LogP contribution in [-0.2, 0) is 6.54 Å². The Morgan fingerprint density at radius 3 is 2.44 bits per heavy atom. The number of benzene rings is 2. The summed E-state index contributed by atoms with van der Waals surface area (Å²) in [6.45, 7) is 14.5. The number of carbonyl (C=O) groups excluding carboxylic acids is 1. The van der Waals surface area contributed by atoms with Crippen LogP contribution in [0.25, 0.3) is 22.2 Å². The number of anilines is 2. The lowest BCUT2D eigenvalue weighted by Gasteiger charge is -2.26. The second kappa shape index (κ2) is 16.2. The lowest BCUT2D eigenvalue weighted by molar-refractivity contribution is 0.205. The number of rotatable bonds is 13. The summed E-state index contributed by atoms with van der Waals surface area (Å²) in [7, 11) is 0. The minimum Gasteiger partial charge on any atom is -0.508 e. The van der Waals surface area contributed by atoms with Gasteiger partial charge in [0.2, 0.25) is 0 Å². The summed E-state index contributed by atoms with van der Waals surface area (Å²) in [5, 5.41) is 17.5. The molecule has 2 aromatic carbocycles. The molecule has 3 heterocycles. The lowest BCUT2D eigenvalue weighted by atomic mass is 9.92. The number of piperidine rings is 1. The first-order valence-corrected chi connectivity index (χ1v) is 17.6. The first kappa shape index (κ1) is 35.0.